The molecule has 18 heavy (non-hydrogen) atoms. The van der Waals surface area contributed by atoms with Crippen LogP contribution in [-0.2, 0) is 7.05 Å². The van der Waals surface area contributed by atoms with Gasteiger partial charge in [0.1, 0.15) is 0 Å². The van der Waals surface area contributed by atoms with Gasteiger partial charge in [-0.15, -0.1) is 5.10 Å². The van der Waals surface area contributed by atoms with Gasteiger partial charge in [0.2, 0.25) is 0 Å². The predicted octanol–water partition coefficient (Wildman–Crippen LogP) is 1.94. The highest BCUT2D eigenvalue weighted by atomic mass is 19.3. The third-order valence-corrected chi connectivity index (χ3v) is 2.51. The van der Waals surface area contributed by atoms with Crippen molar-refractivity contribution in [1.82, 2.24) is 20.2 Å². The molecule has 1 heterocycles. The van der Waals surface area contributed by atoms with E-state index in [1.807, 2.05) is 6.07 Å². The molecular weight excluding hydrogens is 240 g/mol. The second kappa shape index (κ2) is 5.07. The molecule has 2 rings (SSSR count). The van der Waals surface area contributed by atoms with Crippen molar-refractivity contribution in [3.63, 3.8) is 0 Å². The highest BCUT2D eigenvalue weighted by Crippen LogP contribution is 2.20. The van der Waals surface area contributed by atoms with Gasteiger partial charge < -0.3 is 5.32 Å². The molecule has 0 aliphatic rings. The average molecular weight is 253 g/mol. The number of benzene rings is 1. The molecule has 0 fully saturated rings. The van der Waals surface area contributed by atoms with Gasteiger partial charge in [-0.25, -0.2) is 13.5 Å². The number of halogens is 2. The van der Waals surface area contributed by atoms with E-state index in [9.17, 15) is 8.78 Å². The monoisotopic (exact) mass is 253 g/mol. The Morgan fingerprint density at radius 2 is 2.11 bits per heavy atom. The van der Waals surface area contributed by atoms with Crippen LogP contribution in [0.2, 0.25) is 0 Å². The number of tetrazole rings is 1. The Bertz CT molecular complexity index is 526. The molecule has 0 saturated heterocycles. The van der Waals surface area contributed by atoms with Crippen LogP contribution in [0.15, 0.2) is 24.3 Å². The van der Waals surface area contributed by atoms with Crippen LogP contribution in [0.25, 0.3) is 11.4 Å². The lowest BCUT2D eigenvalue weighted by atomic mass is 10.2. The lowest BCUT2D eigenvalue weighted by Crippen LogP contribution is -2.23. The number of aryl methyl sites for hydroxylation is 1. The Hall–Kier alpha value is -2.05. The van der Waals surface area contributed by atoms with Crippen LogP contribution in [0.1, 0.15) is 6.92 Å². The van der Waals surface area contributed by atoms with Crippen molar-refractivity contribution in [2.45, 2.75) is 19.4 Å². The number of nitrogens with one attached hydrogen (secondary N) is 1. The van der Waals surface area contributed by atoms with Gasteiger partial charge in [-0.1, -0.05) is 12.1 Å². The van der Waals surface area contributed by atoms with E-state index in [2.05, 4.69) is 20.8 Å². The van der Waals surface area contributed by atoms with Gasteiger partial charge in [-0.05, 0) is 29.5 Å². The summed E-state index contributed by atoms with van der Waals surface area (Å²) in [5.41, 5.74) is 1.39. The number of anilines is 1. The zero-order chi connectivity index (χ0) is 13.1. The summed E-state index contributed by atoms with van der Waals surface area (Å²) in [4.78, 5) is 0. The number of nitrogens with zero attached hydrogens (tertiary/aromatic N) is 4. The first kappa shape index (κ1) is 12.4. The van der Waals surface area contributed by atoms with E-state index in [1.54, 1.807) is 25.2 Å². The number of hydrogen-bond acceptors (Lipinski definition) is 4. The number of rotatable bonds is 4. The van der Waals surface area contributed by atoms with E-state index in [0.29, 0.717) is 11.5 Å². The van der Waals surface area contributed by atoms with Crippen LogP contribution in [0.4, 0.5) is 14.5 Å². The van der Waals surface area contributed by atoms with E-state index in [1.165, 1.54) is 11.6 Å². The molecule has 7 heteroatoms. The molecule has 0 saturated carbocycles. The topological polar surface area (TPSA) is 55.6 Å². The third-order valence-electron chi connectivity index (χ3n) is 2.51. The lowest BCUT2D eigenvalue weighted by molar-refractivity contribution is 0.131. The third kappa shape index (κ3) is 2.61. The summed E-state index contributed by atoms with van der Waals surface area (Å²) in [5, 5.41) is 13.9. The first-order valence-corrected chi connectivity index (χ1v) is 5.45. The molecule has 1 aromatic carbocycles. The summed E-state index contributed by atoms with van der Waals surface area (Å²) in [6.07, 6.45) is -2.41. The molecule has 5 nitrogen and oxygen atoms in total. The van der Waals surface area contributed by atoms with Crippen molar-refractivity contribution in [2.24, 2.45) is 7.05 Å². The molecule has 0 radical (unpaired) electrons. The number of hydrogen-bond donors (Lipinski definition) is 1. The minimum Gasteiger partial charge on any atom is -0.377 e. The Kier molecular flexibility index (Phi) is 3.50. The smallest absolute Gasteiger partial charge is 0.258 e. The van der Waals surface area contributed by atoms with E-state index in [4.69, 9.17) is 0 Å². The number of alkyl halides is 2. The molecule has 1 aromatic heterocycles. The molecule has 1 N–H and O–H groups in total. The molecule has 1 unspecified atom stereocenters. The van der Waals surface area contributed by atoms with Crippen molar-refractivity contribution in [1.29, 1.82) is 0 Å². The van der Waals surface area contributed by atoms with Gasteiger partial charge in [0.05, 0.1) is 6.04 Å². The Morgan fingerprint density at radius 1 is 1.33 bits per heavy atom. The summed E-state index contributed by atoms with van der Waals surface area (Å²) in [6, 6.07) is 6.16. The SMILES string of the molecule is CC(Nc1cccc(-c2nnnn2C)c1)C(F)F. The minimum atomic E-state index is -2.41. The molecule has 96 valence electrons. The maximum absolute atomic E-state index is 12.5. The van der Waals surface area contributed by atoms with Crippen molar-refractivity contribution < 1.29 is 8.78 Å². The molecule has 0 amide bonds. The van der Waals surface area contributed by atoms with Crippen LogP contribution in [-0.4, -0.2) is 32.7 Å². The molecule has 0 spiro atoms. The fraction of sp³-hybridized carbons (Fsp3) is 0.364. The summed E-state index contributed by atoms with van der Waals surface area (Å²) >= 11 is 0. The maximum Gasteiger partial charge on any atom is 0.258 e. The molecule has 0 aliphatic carbocycles. The summed E-state index contributed by atoms with van der Waals surface area (Å²) in [6.45, 7) is 1.43. The normalized spacial score (nSPS) is 12.7. The van der Waals surface area contributed by atoms with Crippen molar-refractivity contribution in [3.05, 3.63) is 24.3 Å². The molecule has 2 aromatic rings. The fourth-order valence-corrected chi connectivity index (χ4v) is 1.55. The van der Waals surface area contributed by atoms with Crippen molar-refractivity contribution >= 4 is 5.69 Å². The van der Waals surface area contributed by atoms with E-state index in [0.717, 1.165) is 5.56 Å². The first-order valence-electron chi connectivity index (χ1n) is 5.45. The van der Waals surface area contributed by atoms with Crippen LogP contribution >= 0.6 is 0 Å². The van der Waals surface area contributed by atoms with Gasteiger partial charge in [-0.3, -0.25) is 0 Å². The molecule has 0 bridgehead atoms. The molecular formula is C11H13F2N5. The Balaban J connectivity index is 2.23. The zero-order valence-corrected chi connectivity index (χ0v) is 10.0. The lowest BCUT2D eigenvalue weighted by Gasteiger charge is -2.14. The number of aromatic nitrogens is 4. The van der Waals surface area contributed by atoms with E-state index < -0.39 is 12.5 Å². The van der Waals surface area contributed by atoms with E-state index in [-0.39, 0.29) is 0 Å². The predicted molar refractivity (Wildman–Crippen MR) is 63.3 cm³/mol. The van der Waals surface area contributed by atoms with Crippen LogP contribution < -0.4 is 5.32 Å². The minimum absolute atomic E-state index is 0.586. The highest BCUT2D eigenvalue weighted by Gasteiger charge is 2.14. The second-order valence-electron chi connectivity index (χ2n) is 3.97. The van der Waals surface area contributed by atoms with Gasteiger partial charge in [-0.2, -0.15) is 0 Å². The first-order chi connectivity index (χ1) is 8.58. The summed E-state index contributed by atoms with van der Waals surface area (Å²) < 4.78 is 26.4. The summed E-state index contributed by atoms with van der Waals surface area (Å²) in [5.74, 6) is 0.586. The van der Waals surface area contributed by atoms with Gasteiger partial charge in [0.15, 0.2) is 5.82 Å². The van der Waals surface area contributed by atoms with Crippen LogP contribution in [0, 0.1) is 0 Å². The Morgan fingerprint density at radius 3 is 2.72 bits per heavy atom. The van der Waals surface area contributed by atoms with Crippen LogP contribution in [0.3, 0.4) is 0 Å². The van der Waals surface area contributed by atoms with Gasteiger partial charge in [0.25, 0.3) is 6.43 Å². The fourth-order valence-electron chi connectivity index (χ4n) is 1.55. The van der Waals surface area contributed by atoms with Gasteiger partial charge >= 0.3 is 0 Å². The second-order valence-corrected chi connectivity index (χ2v) is 3.97. The van der Waals surface area contributed by atoms with Gasteiger partial charge in [0, 0.05) is 18.3 Å². The Labute approximate surface area is 103 Å². The maximum atomic E-state index is 12.5. The van der Waals surface area contributed by atoms with Crippen molar-refractivity contribution in [2.75, 3.05) is 5.32 Å². The standard InChI is InChI=1S/C11H13F2N5/c1-7(10(12)13)14-9-5-3-4-8(6-9)11-15-16-17-18(11)2/h3-7,10,14H,1-2H3. The molecule has 0 aliphatic heterocycles. The largest absolute Gasteiger partial charge is 0.377 e. The van der Waals surface area contributed by atoms with Crippen molar-refractivity contribution in [3.8, 4) is 11.4 Å². The van der Waals surface area contributed by atoms with E-state index >= 15 is 0 Å². The quantitative estimate of drug-likeness (QED) is 0.904. The highest BCUT2D eigenvalue weighted by molar-refractivity contribution is 5.62. The van der Waals surface area contributed by atoms with Crippen LogP contribution in [0.5, 0.6) is 0 Å². The average Bonchev–Trinajstić information content (AvgIpc) is 2.75. The molecule has 1 atom stereocenters. The zero-order valence-electron chi connectivity index (χ0n) is 10.0. The summed E-state index contributed by atoms with van der Waals surface area (Å²) in [7, 11) is 1.72.